The van der Waals surface area contributed by atoms with Crippen molar-refractivity contribution in [2.75, 3.05) is 14.1 Å². The molecule has 0 unspecified atom stereocenters. The predicted octanol–water partition coefficient (Wildman–Crippen LogP) is 1.90. The Morgan fingerprint density at radius 2 is 1.89 bits per heavy atom. The minimum Gasteiger partial charge on any atom is -0.304 e. The van der Waals surface area contributed by atoms with Gasteiger partial charge in [-0.15, -0.1) is 6.58 Å². The Balaban J connectivity index is 3.84. The standard InChI is InChI=1S/C8H17N/c1-6-7-8(2,3)9(4)5/h6H,1,7H2,2-5H3. The lowest BCUT2D eigenvalue weighted by Crippen LogP contribution is -2.37. The van der Waals surface area contributed by atoms with Gasteiger partial charge in [0.05, 0.1) is 0 Å². The van der Waals surface area contributed by atoms with Crippen LogP contribution in [0.2, 0.25) is 0 Å². The summed E-state index contributed by atoms with van der Waals surface area (Å²) in [6.07, 6.45) is 3.00. The maximum Gasteiger partial charge on any atom is 0.0181 e. The van der Waals surface area contributed by atoms with Crippen LogP contribution >= 0.6 is 0 Å². The van der Waals surface area contributed by atoms with E-state index < -0.39 is 0 Å². The summed E-state index contributed by atoms with van der Waals surface area (Å²) in [6.45, 7) is 8.11. The molecule has 0 aliphatic heterocycles. The molecule has 0 amide bonds. The van der Waals surface area contributed by atoms with Crippen LogP contribution < -0.4 is 0 Å². The molecule has 0 atom stereocenters. The lowest BCUT2D eigenvalue weighted by atomic mass is 10.00. The average Bonchev–Trinajstić information content (AvgIpc) is 1.65. The molecule has 0 aromatic rings. The quantitative estimate of drug-likeness (QED) is 0.523. The van der Waals surface area contributed by atoms with Gasteiger partial charge in [-0.2, -0.15) is 0 Å². The summed E-state index contributed by atoms with van der Waals surface area (Å²) < 4.78 is 0. The number of hydrogen-bond donors (Lipinski definition) is 0. The highest BCUT2D eigenvalue weighted by atomic mass is 15.1. The molecular weight excluding hydrogens is 110 g/mol. The predicted molar refractivity (Wildman–Crippen MR) is 42.6 cm³/mol. The molecular formula is C8H17N. The van der Waals surface area contributed by atoms with Crippen molar-refractivity contribution in [1.29, 1.82) is 0 Å². The van der Waals surface area contributed by atoms with Gasteiger partial charge in [-0.3, -0.25) is 0 Å². The van der Waals surface area contributed by atoms with E-state index in [0.29, 0.717) is 0 Å². The Labute approximate surface area is 58.4 Å². The summed E-state index contributed by atoms with van der Waals surface area (Å²) in [4.78, 5) is 2.20. The molecule has 0 aromatic carbocycles. The monoisotopic (exact) mass is 127 g/mol. The van der Waals surface area contributed by atoms with Crippen molar-refractivity contribution in [2.24, 2.45) is 0 Å². The van der Waals surface area contributed by atoms with Crippen LogP contribution in [0.4, 0.5) is 0 Å². The van der Waals surface area contributed by atoms with Crippen molar-refractivity contribution in [3.8, 4) is 0 Å². The SMILES string of the molecule is C=CCC(C)(C)N(C)C. The van der Waals surface area contributed by atoms with Crippen LogP contribution in [0.5, 0.6) is 0 Å². The molecule has 0 N–H and O–H groups in total. The van der Waals surface area contributed by atoms with Gasteiger partial charge in [0.1, 0.15) is 0 Å². The van der Waals surface area contributed by atoms with Crippen molar-refractivity contribution in [3.63, 3.8) is 0 Å². The van der Waals surface area contributed by atoms with Gasteiger partial charge in [0.15, 0.2) is 0 Å². The fourth-order valence-electron chi connectivity index (χ4n) is 0.536. The number of hydrogen-bond acceptors (Lipinski definition) is 1. The highest BCUT2D eigenvalue weighted by molar-refractivity contribution is 4.85. The summed E-state index contributed by atoms with van der Waals surface area (Å²) in [7, 11) is 4.17. The zero-order chi connectivity index (χ0) is 7.49. The van der Waals surface area contributed by atoms with Crippen molar-refractivity contribution >= 4 is 0 Å². The lowest BCUT2D eigenvalue weighted by molar-refractivity contribution is 0.198. The fraction of sp³-hybridized carbons (Fsp3) is 0.750. The topological polar surface area (TPSA) is 3.24 Å². The normalized spacial score (nSPS) is 12.1. The zero-order valence-corrected chi connectivity index (χ0v) is 6.94. The second kappa shape index (κ2) is 3.02. The molecule has 0 aliphatic carbocycles. The van der Waals surface area contributed by atoms with E-state index in [1.54, 1.807) is 0 Å². The van der Waals surface area contributed by atoms with Gasteiger partial charge < -0.3 is 4.90 Å². The van der Waals surface area contributed by atoms with Crippen molar-refractivity contribution < 1.29 is 0 Å². The van der Waals surface area contributed by atoms with Crippen LogP contribution in [0.15, 0.2) is 12.7 Å². The molecule has 9 heavy (non-hydrogen) atoms. The molecule has 0 bridgehead atoms. The van der Waals surface area contributed by atoms with E-state index in [1.807, 2.05) is 6.08 Å². The van der Waals surface area contributed by atoms with E-state index in [1.165, 1.54) is 0 Å². The van der Waals surface area contributed by atoms with Crippen LogP contribution in [0, 0.1) is 0 Å². The summed E-state index contributed by atoms with van der Waals surface area (Å²) in [5.41, 5.74) is 0.266. The molecule has 0 radical (unpaired) electrons. The minimum absolute atomic E-state index is 0.266. The first-order valence-corrected chi connectivity index (χ1v) is 3.29. The van der Waals surface area contributed by atoms with Crippen molar-refractivity contribution in [1.82, 2.24) is 4.90 Å². The van der Waals surface area contributed by atoms with Crippen LogP contribution in [0.25, 0.3) is 0 Å². The van der Waals surface area contributed by atoms with E-state index in [4.69, 9.17) is 0 Å². The number of rotatable bonds is 3. The van der Waals surface area contributed by atoms with Gasteiger partial charge in [0.25, 0.3) is 0 Å². The van der Waals surface area contributed by atoms with Gasteiger partial charge in [-0.05, 0) is 34.4 Å². The largest absolute Gasteiger partial charge is 0.304 e. The maximum absolute atomic E-state index is 3.70. The molecule has 0 spiro atoms. The molecule has 0 fully saturated rings. The van der Waals surface area contributed by atoms with E-state index in [-0.39, 0.29) is 5.54 Å². The summed E-state index contributed by atoms with van der Waals surface area (Å²) in [5, 5.41) is 0. The van der Waals surface area contributed by atoms with Crippen molar-refractivity contribution in [3.05, 3.63) is 12.7 Å². The van der Waals surface area contributed by atoms with Gasteiger partial charge in [-0.25, -0.2) is 0 Å². The van der Waals surface area contributed by atoms with Gasteiger partial charge in [0.2, 0.25) is 0 Å². The third kappa shape index (κ3) is 2.66. The third-order valence-corrected chi connectivity index (χ3v) is 1.85. The maximum atomic E-state index is 3.70. The molecule has 0 aromatic heterocycles. The number of nitrogens with zero attached hydrogens (tertiary/aromatic N) is 1. The first-order chi connectivity index (χ1) is 4.00. The van der Waals surface area contributed by atoms with E-state index in [2.05, 4.69) is 39.4 Å². The lowest BCUT2D eigenvalue weighted by Gasteiger charge is -2.31. The van der Waals surface area contributed by atoms with Crippen LogP contribution in [-0.4, -0.2) is 24.5 Å². The molecule has 0 saturated heterocycles. The Hall–Kier alpha value is -0.300. The highest BCUT2D eigenvalue weighted by Gasteiger charge is 2.17. The molecule has 0 aliphatic rings. The molecule has 0 rings (SSSR count). The Morgan fingerprint density at radius 1 is 1.44 bits per heavy atom. The van der Waals surface area contributed by atoms with Crippen LogP contribution in [-0.2, 0) is 0 Å². The zero-order valence-electron chi connectivity index (χ0n) is 6.94. The molecule has 1 nitrogen and oxygen atoms in total. The Bertz CT molecular complexity index is 92.7. The Morgan fingerprint density at radius 3 is 2.00 bits per heavy atom. The van der Waals surface area contributed by atoms with E-state index in [0.717, 1.165) is 6.42 Å². The summed E-state index contributed by atoms with van der Waals surface area (Å²) in [6, 6.07) is 0. The van der Waals surface area contributed by atoms with Gasteiger partial charge in [0, 0.05) is 5.54 Å². The van der Waals surface area contributed by atoms with Gasteiger partial charge in [-0.1, -0.05) is 6.08 Å². The first-order valence-electron chi connectivity index (χ1n) is 3.29. The van der Waals surface area contributed by atoms with Crippen LogP contribution in [0.1, 0.15) is 20.3 Å². The molecule has 0 saturated carbocycles. The summed E-state index contributed by atoms with van der Waals surface area (Å²) >= 11 is 0. The average molecular weight is 127 g/mol. The smallest absolute Gasteiger partial charge is 0.0181 e. The highest BCUT2D eigenvalue weighted by Crippen LogP contribution is 2.14. The third-order valence-electron chi connectivity index (χ3n) is 1.85. The van der Waals surface area contributed by atoms with E-state index in [9.17, 15) is 0 Å². The molecule has 0 heterocycles. The Kier molecular flexibility index (Phi) is 2.92. The van der Waals surface area contributed by atoms with Crippen molar-refractivity contribution in [2.45, 2.75) is 25.8 Å². The summed E-state index contributed by atoms with van der Waals surface area (Å²) in [5.74, 6) is 0. The molecule has 54 valence electrons. The second-order valence-electron chi connectivity index (χ2n) is 3.20. The van der Waals surface area contributed by atoms with E-state index >= 15 is 0 Å². The molecule has 1 heteroatoms. The fourth-order valence-corrected chi connectivity index (χ4v) is 0.536. The van der Waals surface area contributed by atoms with Gasteiger partial charge >= 0.3 is 0 Å². The second-order valence-corrected chi connectivity index (χ2v) is 3.20. The van der Waals surface area contributed by atoms with Crippen LogP contribution in [0.3, 0.4) is 0 Å². The first kappa shape index (κ1) is 8.70. The minimum atomic E-state index is 0.266.